The molecule has 0 radical (unpaired) electrons. The van der Waals surface area contributed by atoms with Crippen LogP contribution in [0.4, 0.5) is 0 Å². The van der Waals surface area contributed by atoms with Crippen molar-refractivity contribution in [3.05, 3.63) is 31.9 Å². The first-order chi connectivity index (χ1) is 9.58. The Morgan fingerprint density at radius 3 is 2.90 bits per heavy atom. The summed E-state index contributed by atoms with van der Waals surface area (Å²) in [4.78, 5) is 21.1. The molecule has 0 spiro atoms. The first-order valence-electron chi connectivity index (χ1n) is 6.80. The second-order valence-electron chi connectivity index (χ2n) is 5.79. The predicted molar refractivity (Wildman–Crippen MR) is 81.1 cm³/mol. The van der Waals surface area contributed by atoms with Gasteiger partial charge in [-0.2, -0.15) is 4.98 Å². The van der Waals surface area contributed by atoms with Crippen LogP contribution in [0.15, 0.2) is 15.5 Å². The lowest BCUT2D eigenvalue weighted by molar-refractivity contribution is 0.457. The molecule has 3 atom stereocenters. The second-order valence-corrected chi connectivity index (χ2v) is 6.93. The van der Waals surface area contributed by atoms with E-state index in [2.05, 4.69) is 25.9 Å². The Morgan fingerprint density at radius 1 is 1.45 bits per heavy atom. The van der Waals surface area contributed by atoms with Gasteiger partial charge in [0.2, 0.25) is 5.28 Å². The molecule has 4 nitrogen and oxygen atoms in total. The van der Waals surface area contributed by atoms with E-state index in [0.29, 0.717) is 16.0 Å². The van der Waals surface area contributed by atoms with E-state index in [0.717, 1.165) is 23.3 Å². The van der Waals surface area contributed by atoms with Crippen molar-refractivity contribution in [3.63, 3.8) is 0 Å². The van der Waals surface area contributed by atoms with Crippen LogP contribution in [0, 0.1) is 18.8 Å². The fourth-order valence-corrected chi connectivity index (χ4v) is 4.12. The van der Waals surface area contributed by atoms with Crippen molar-refractivity contribution < 1.29 is 0 Å². The molecular formula is C14H13BrClN3O. The van der Waals surface area contributed by atoms with Gasteiger partial charge in [0.25, 0.3) is 5.56 Å². The van der Waals surface area contributed by atoms with Crippen LogP contribution in [-0.4, -0.2) is 14.5 Å². The van der Waals surface area contributed by atoms with Crippen LogP contribution < -0.4 is 5.56 Å². The van der Waals surface area contributed by atoms with Crippen LogP contribution in [0.2, 0.25) is 5.28 Å². The van der Waals surface area contributed by atoms with Crippen LogP contribution in [0.25, 0.3) is 11.0 Å². The van der Waals surface area contributed by atoms with E-state index in [9.17, 15) is 4.79 Å². The molecular weight excluding hydrogens is 342 g/mol. The first-order valence-corrected chi connectivity index (χ1v) is 7.98. The molecule has 2 aromatic heterocycles. The minimum absolute atomic E-state index is 0.00215. The molecule has 20 heavy (non-hydrogen) atoms. The van der Waals surface area contributed by atoms with E-state index in [-0.39, 0.29) is 16.9 Å². The number of pyridine rings is 1. The molecule has 2 saturated carbocycles. The number of hydrogen-bond donors (Lipinski definition) is 0. The third-order valence-corrected chi connectivity index (χ3v) is 5.86. The Balaban J connectivity index is 2.07. The topological polar surface area (TPSA) is 47.8 Å². The maximum Gasteiger partial charge on any atom is 0.267 e. The zero-order valence-electron chi connectivity index (χ0n) is 10.9. The molecule has 2 heterocycles. The number of aryl methyl sites for hydroxylation is 1. The largest absolute Gasteiger partial charge is 0.288 e. The SMILES string of the molecule is Cc1c(Br)c(=O)n(C2CCC3CC32)c2nc(Cl)ncc12. The van der Waals surface area contributed by atoms with Crippen LogP contribution in [0.3, 0.4) is 0 Å². The van der Waals surface area contributed by atoms with Crippen molar-refractivity contribution in [2.24, 2.45) is 11.8 Å². The maximum atomic E-state index is 12.7. The highest BCUT2D eigenvalue weighted by Gasteiger charge is 2.49. The van der Waals surface area contributed by atoms with Gasteiger partial charge in [0.05, 0.1) is 4.47 Å². The van der Waals surface area contributed by atoms with Gasteiger partial charge in [0.1, 0.15) is 5.65 Å². The second kappa shape index (κ2) is 4.28. The summed E-state index contributed by atoms with van der Waals surface area (Å²) in [5.74, 6) is 1.44. The van der Waals surface area contributed by atoms with Crippen LogP contribution in [-0.2, 0) is 0 Å². The van der Waals surface area contributed by atoms with E-state index in [1.807, 2.05) is 11.5 Å². The fraction of sp³-hybridized carbons (Fsp3) is 0.500. The third-order valence-electron chi connectivity index (χ3n) is 4.74. The summed E-state index contributed by atoms with van der Waals surface area (Å²) >= 11 is 9.37. The molecule has 0 saturated heterocycles. The van der Waals surface area contributed by atoms with Gasteiger partial charge in [-0.1, -0.05) is 0 Å². The predicted octanol–water partition coefficient (Wildman–Crippen LogP) is 3.49. The maximum absolute atomic E-state index is 12.7. The number of nitrogens with zero attached hydrogens (tertiary/aromatic N) is 3. The van der Waals surface area contributed by atoms with Crippen molar-refractivity contribution in [1.82, 2.24) is 14.5 Å². The van der Waals surface area contributed by atoms with Crippen molar-refractivity contribution >= 4 is 38.6 Å². The van der Waals surface area contributed by atoms with Crippen LogP contribution >= 0.6 is 27.5 Å². The van der Waals surface area contributed by atoms with Crippen LogP contribution in [0.1, 0.15) is 30.9 Å². The molecule has 4 rings (SSSR count). The van der Waals surface area contributed by atoms with Crippen LogP contribution in [0.5, 0.6) is 0 Å². The lowest BCUT2D eigenvalue weighted by Crippen LogP contribution is -2.27. The summed E-state index contributed by atoms with van der Waals surface area (Å²) in [7, 11) is 0. The van der Waals surface area contributed by atoms with Gasteiger partial charge in [-0.15, -0.1) is 0 Å². The Hall–Kier alpha value is -0.940. The van der Waals surface area contributed by atoms with Gasteiger partial charge in [-0.25, -0.2) is 4.98 Å². The van der Waals surface area contributed by atoms with Gasteiger partial charge in [0.15, 0.2) is 0 Å². The number of halogens is 2. The molecule has 0 amide bonds. The van der Waals surface area contributed by atoms with E-state index < -0.39 is 0 Å². The molecule has 2 fully saturated rings. The smallest absolute Gasteiger partial charge is 0.267 e. The minimum Gasteiger partial charge on any atom is -0.288 e. The fourth-order valence-electron chi connectivity index (χ4n) is 3.58. The molecule has 0 aromatic carbocycles. The van der Waals surface area contributed by atoms with E-state index in [1.54, 1.807) is 6.20 Å². The Morgan fingerprint density at radius 2 is 2.25 bits per heavy atom. The molecule has 104 valence electrons. The Labute approximate surface area is 129 Å². The molecule has 3 unspecified atom stereocenters. The zero-order valence-corrected chi connectivity index (χ0v) is 13.3. The standard InChI is InChI=1S/C14H13BrClN3O/c1-6-9-5-17-14(16)18-12(9)19(13(20)11(6)15)10-3-2-7-4-8(7)10/h5,7-8,10H,2-4H2,1H3. The zero-order chi connectivity index (χ0) is 14.0. The monoisotopic (exact) mass is 353 g/mol. The highest BCUT2D eigenvalue weighted by Crippen LogP contribution is 2.57. The quantitative estimate of drug-likeness (QED) is 0.737. The number of hydrogen-bond acceptors (Lipinski definition) is 3. The molecule has 2 aliphatic carbocycles. The average Bonchev–Trinajstić information content (AvgIpc) is 3.10. The summed E-state index contributed by atoms with van der Waals surface area (Å²) in [6.07, 6.45) is 5.22. The van der Waals surface area contributed by atoms with Gasteiger partial charge < -0.3 is 0 Å². The lowest BCUT2D eigenvalue weighted by Gasteiger charge is -2.19. The summed E-state index contributed by atoms with van der Waals surface area (Å²) in [6.45, 7) is 1.91. The molecule has 6 heteroatoms. The number of rotatable bonds is 1. The first kappa shape index (κ1) is 12.8. The van der Waals surface area contributed by atoms with E-state index in [4.69, 9.17) is 11.6 Å². The average molecular weight is 355 g/mol. The molecule has 2 aromatic rings. The van der Waals surface area contributed by atoms with Crippen molar-refractivity contribution in [2.45, 2.75) is 32.2 Å². The minimum atomic E-state index is 0.00215. The van der Waals surface area contributed by atoms with Gasteiger partial charge in [0, 0.05) is 17.6 Å². The van der Waals surface area contributed by atoms with E-state index in [1.165, 1.54) is 12.8 Å². The van der Waals surface area contributed by atoms with Crippen molar-refractivity contribution in [1.29, 1.82) is 0 Å². The normalized spacial score (nSPS) is 27.9. The lowest BCUT2D eigenvalue weighted by atomic mass is 10.1. The summed E-state index contributed by atoms with van der Waals surface area (Å²) in [5.41, 5.74) is 1.55. The third kappa shape index (κ3) is 1.69. The summed E-state index contributed by atoms with van der Waals surface area (Å²) in [6, 6.07) is 0.262. The van der Waals surface area contributed by atoms with Gasteiger partial charge >= 0.3 is 0 Å². The Kier molecular flexibility index (Phi) is 2.73. The Bertz CT molecular complexity index is 788. The number of fused-ring (bicyclic) bond motifs is 2. The van der Waals surface area contributed by atoms with Crippen molar-refractivity contribution in [3.8, 4) is 0 Å². The molecule has 2 aliphatic rings. The van der Waals surface area contributed by atoms with Gasteiger partial charge in [-0.3, -0.25) is 9.36 Å². The molecule has 0 aliphatic heterocycles. The molecule has 0 N–H and O–H groups in total. The van der Waals surface area contributed by atoms with E-state index >= 15 is 0 Å². The summed E-state index contributed by atoms with van der Waals surface area (Å²) in [5, 5.41) is 1.09. The number of aromatic nitrogens is 3. The summed E-state index contributed by atoms with van der Waals surface area (Å²) < 4.78 is 2.46. The van der Waals surface area contributed by atoms with Gasteiger partial charge in [-0.05, 0) is 71.1 Å². The highest BCUT2D eigenvalue weighted by molar-refractivity contribution is 9.10. The molecule has 0 bridgehead atoms. The highest BCUT2D eigenvalue weighted by atomic mass is 79.9. The van der Waals surface area contributed by atoms with Crippen molar-refractivity contribution in [2.75, 3.05) is 0 Å².